The van der Waals surface area contributed by atoms with Gasteiger partial charge in [-0.05, 0) is 31.5 Å². The molecule has 2 N–H and O–H groups in total. The molecule has 0 aliphatic heterocycles. The Kier molecular flexibility index (Phi) is 4.65. The molecule has 2 aromatic rings. The summed E-state index contributed by atoms with van der Waals surface area (Å²) in [5.74, 6) is -0.0601. The van der Waals surface area contributed by atoms with Gasteiger partial charge in [-0.2, -0.15) is 0 Å². The predicted octanol–water partition coefficient (Wildman–Crippen LogP) is 2.15. The molecule has 0 spiro atoms. The van der Waals surface area contributed by atoms with Crippen LogP contribution in [0.3, 0.4) is 0 Å². The molecule has 104 valence electrons. The molecule has 5 heteroatoms. The van der Waals surface area contributed by atoms with Crippen molar-refractivity contribution in [2.45, 2.75) is 20.4 Å². The average Bonchev–Trinajstić information content (AvgIpc) is 2.47. The Hall–Kier alpha value is -2.43. The molecular weight excluding hydrogens is 252 g/mol. The van der Waals surface area contributed by atoms with Crippen molar-refractivity contribution in [3.8, 4) is 0 Å². The molecule has 5 nitrogen and oxygen atoms in total. The van der Waals surface area contributed by atoms with Gasteiger partial charge in [0, 0.05) is 30.2 Å². The van der Waals surface area contributed by atoms with Gasteiger partial charge >= 0.3 is 0 Å². The molecule has 0 bridgehead atoms. The van der Waals surface area contributed by atoms with E-state index in [-0.39, 0.29) is 5.91 Å². The predicted molar refractivity (Wildman–Crippen MR) is 78.5 cm³/mol. The van der Waals surface area contributed by atoms with E-state index in [0.717, 1.165) is 16.9 Å². The zero-order valence-electron chi connectivity index (χ0n) is 11.7. The number of benzene rings is 1. The van der Waals surface area contributed by atoms with Crippen LogP contribution in [0.15, 0.2) is 36.8 Å². The van der Waals surface area contributed by atoms with Gasteiger partial charge in [-0.3, -0.25) is 14.8 Å². The Morgan fingerprint density at radius 3 is 2.85 bits per heavy atom. The summed E-state index contributed by atoms with van der Waals surface area (Å²) >= 11 is 0. The van der Waals surface area contributed by atoms with E-state index in [1.807, 2.05) is 32.0 Å². The van der Waals surface area contributed by atoms with Gasteiger partial charge in [0.15, 0.2) is 0 Å². The van der Waals surface area contributed by atoms with Gasteiger partial charge in [0.1, 0.15) is 0 Å². The van der Waals surface area contributed by atoms with Crippen molar-refractivity contribution in [2.24, 2.45) is 0 Å². The van der Waals surface area contributed by atoms with Crippen molar-refractivity contribution in [1.29, 1.82) is 0 Å². The largest absolute Gasteiger partial charge is 0.379 e. The second-order valence-corrected chi connectivity index (χ2v) is 4.44. The average molecular weight is 270 g/mol. The maximum Gasteiger partial charge on any atom is 0.251 e. The van der Waals surface area contributed by atoms with Crippen molar-refractivity contribution in [3.63, 3.8) is 0 Å². The normalized spacial score (nSPS) is 10.1. The number of amides is 1. The third-order valence-corrected chi connectivity index (χ3v) is 2.91. The fourth-order valence-corrected chi connectivity index (χ4v) is 1.82. The first-order chi connectivity index (χ1) is 9.70. The van der Waals surface area contributed by atoms with Crippen molar-refractivity contribution in [3.05, 3.63) is 53.6 Å². The topological polar surface area (TPSA) is 66.9 Å². The molecule has 0 saturated heterocycles. The van der Waals surface area contributed by atoms with Gasteiger partial charge in [0.05, 0.1) is 18.4 Å². The minimum Gasteiger partial charge on any atom is -0.379 e. The number of hydrogen-bond acceptors (Lipinski definition) is 4. The lowest BCUT2D eigenvalue weighted by molar-refractivity contribution is 0.0956. The number of hydrogen-bond donors (Lipinski definition) is 2. The quantitative estimate of drug-likeness (QED) is 0.873. The molecule has 1 heterocycles. The van der Waals surface area contributed by atoms with Crippen LogP contribution in [0, 0.1) is 6.92 Å². The molecule has 0 radical (unpaired) electrons. The Morgan fingerprint density at radius 1 is 1.30 bits per heavy atom. The maximum absolute atomic E-state index is 11.8. The van der Waals surface area contributed by atoms with Gasteiger partial charge in [-0.1, -0.05) is 6.07 Å². The van der Waals surface area contributed by atoms with Gasteiger partial charge in [-0.25, -0.2) is 0 Å². The summed E-state index contributed by atoms with van der Waals surface area (Å²) in [7, 11) is 0. The van der Waals surface area contributed by atoms with Crippen molar-refractivity contribution >= 4 is 11.6 Å². The lowest BCUT2D eigenvalue weighted by Crippen LogP contribution is -2.22. The first-order valence-corrected chi connectivity index (χ1v) is 6.58. The smallest absolute Gasteiger partial charge is 0.251 e. The maximum atomic E-state index is 11.8. The van der Waals surface area contributed by atoms with Crippen LogP contribution in [0.1, 0.15) is 28.5 Å². The van der Waals surface area contributed by atoms with E-state index in [2.05, 4.69) is 20.6 Å². The van der Waals surface area contributed by atoms with Crippen LogP contribution in [0.25, 0.3) is 0 Å². The highest BCUT2D eigenvalue weighted by Crippen LogP contribution is 2.17. The third kappa shape index (κ3) is 3.54. The third-order valence-electron chi connectivity index (χ3n) is 2.91. The zero-order chi connectivity index (χ0) is 14.4. The molecule has 0 atom stereocenters. The summed E-state index contributed by atoms with van der Waals surface area (Å²) < 4.78 is 0. The van der Waals surface area contributed by atoms with Crippen molar-refractivity contribution < 1.29 is 4.79 Å². The number of carbonyl (C=O) groups is 1. The summed E-state index contributed by atoms with van der Waals surface area (Å²) in [6.45, 7) is 5.10. The first-order valence-electron chi connectivity index (χ1n) is 6.58. The number of aromatic nitrogens is 2. The highest BCUT2D eigenvalue weighted by Gasteiger charge is 2.07. The Bertz CT molecular complexity index is 584. The summed E-state index contributed by atoms with van der Waals surface area (Å²) in [6, 6.07) is 5.62. The van der Waals surface area contributed by atoms with Gasteiger partial charge in [-0.15, -0.1) is 0 Å². The van der Waals surface area contributed by atoms with E-state index < -0.39 is 0 Å². The monoisotopic (exact) mass is 270 g/mol. The Labute approximate surface area is 118 Å². The summed E-state index contributed by atoms with van der Waals surface area (Å²) in [6.07, 6.45) is 5.02. The SMILES string of the molecule is CCNC(=O)c1ccc(C)c(NCc2cnccn2)c1. The first kappa shape index (κ1) is 14.0. The summed E-state index contributed by atoms with van der Waals surface area (Å²) in [4.78, 5) is 20.1. The van der Waals surface area contributed by atoms with Gasteiger partial charge in [0.25, 0.3) is 5.91 Å². The van der Waals surface area contributed by atoms with Crippen LogP contribution >= 0.6 is 0 Å². The Balaban J connectivity index is 2.10. The van der Waals surface area contributed by atoms with E-state index in [9.17, 15) is 4.79 Å². The van der Waals surface area contributed by atoms with E-state index in [0.29, 0.717) is 18.7 Å². The molecular formula is C15H18N4O. The van der Waals surface area contributed by atoms with E-state index in [4.69, 9.17) is 0 Å². The van der Waals surface area contributed by atoms with Crippen LogP contribution < -0.4 is 10.6 Å². The number of carbonyl (C=O) groups excluding carboxylic acids is 1. The number of nitrogens with zero attached hydrogens (tertiary/aromatic N) is 2. The molecule has 0 saturated carbocycles. The number of anilines is 1. The van der Waals surface area contributed by atoms with Crippen LogP contribution in [0.5, 0.6) is 0 Å². The standard InChI is InChI=1S/C15H18N4O/c1-3-17-15(20)12-5-4-11(2)14(8-12)19-10-13-9-16-6-7-18-13/h4-9,19H,3,10H2,1-2H3,(H,17,20). The fourth-order valence-electron chi connectivity index (χ4n) is 1.82. The fraction of sp³-hybridized carbons (Fsp3) is 0.267. The molecule has 2 rings (SSSR count). The Morgan fingerprint density at radius 2 is 2.15 bits per heavy atom. The van der Waals surface area contributed by atoms with E-state index in [1.54, 1.807) is 18.6 Å². The highest BCUT2D eigenvalue weighted by molar-refractivity contribution is 5.95. The lowest BCUT2D eigenvalue weighted by Gasteiger charge is -2.11. The zero-order valence-corrected chi connectivity index (χ0v) is 11.7. The number of rotatable bonds is 5. The second-order valence-electron chi connectivity index (χ2n) is 4.44. The molecule has 0 aliphatic rings. The minimum atomic E-state index is -0.0601. The molecule has 1 amide bonds. The van der Waals surface area contributed by atoms with Crippen LogP contribution in [-0.2, 0) is 6.54 Å². The molecule has 1 aromatic heterocycles. The molecule has 0 fully saturated rings. The highest BCUT2D eigenvalue weighted by atomic mass is 16.1. The van der Waals surface area contributed by atoms with Crippen molar-refractivity contribution in [1.82, 2.24) is 15.3 Å². The molecule has 0 aliphatic carbocycles. The minimum absolute atomic E-state index is 0.0601. The van der Waals surface area contributed by atoms with Crippen molar-refractivity contribution in [2.75, 3.05) is 11.9 Å². The lowest BCUT2D eigenvalue weighted by atomic mass is 10.1. The second kappa shape index (κ2) is 6.65. The molecule has 20 heavy (non-hydrogen) atoms. The molecule has 1 aromatic carbocycles. The molecule has 0 unspecified atom stereocenters. The van der Waals surface area contributed by atoms with Crippen LogP contribution in [-0.4, -0.2) is 22.4 Å². The summed E-state index contributed by atoms with van der Waals surface area (Å²) in [5, 5.41) is 6.08. The van der Waals surface area contributed by atoms with Gasteiger partial charge < -0.3 is 10.6 Å². The van der Waals surface area contributed by atoms with Gasteiger partial charge in [0.2, 0.25) is 0 Å². The number of nitrogens with one attached hydrogen (secondary N) is 2. The van der Waals surface area contributed by atoms with Crippen LogP contribution in [0.4, 0.5) is 5.69 Å². The van der Waals surface area contributed by atoms with E-state index >= 15 is 0 Å². The number of aryl methyl sites for hydroxylation is 1. The van der Waals surface area contributed by atoms with E-state index in [1.165, 1.54) is 0 Å². The van der Waals surface area contributed by atoms with Crippen LogP contribution in [0.2, 0.25) is 0 Å². The summed E-state index contributed by atoms with van der Waals surface area (Å²) in [5.41, 5.74) is 3.52.